The standard InChI is InChI=1S/C15H21N3O2S/c1-10-9-21-15(16-10)13-17-14(20-18-13)12(19)11-7-5-3-2-4-6-8-11/h9,11-12,19H,2-8H2,1H3. The van der Waals surface area contributed by atoms with E-state index in [9.17, 15) is 5.11 Å². The third-order valence-corrected chi connectivity index (χ3v) is 5.06. The Kier molecular flexibility index (Phi) is 4.65. The molecule has 1 unspecified atom stereocenters. The molecule has 0 amide bonds. The van der Waals surface area contributed by atoms with Crippen LogP contribution >= 0.6 is 11.3 Å². The lowest BCUT2D eigenvalue weighted by atomic mass is 9.87. The third-order valence-electron chi connectivity index (χ3n) is 4.10. The molecule has 1 atom stereocenters. The number of hydrogen-bond acceptors (Lipinski definition) is 6. The monoisotopic (exact) mass is 307 g/mol. The van der Waals surface area contributed by atoms with E-state index in [1.807, 2.05) is 12.3 Å². The van der Waals surface area contributed by atoms with Crippen LogP contribution in [0.25, 0.3) is 10.8 Å². The molecule has 21 heavy (non-hydrogen) atoms. The van der Waals surface area contributed by atoms with Gasteiger partial charge in [0.15, 0.2) is 5.01 Å². The van der Waals surface area contributed by atoms with Crippen molar-refractivity contribution in [1.29, 1.82) is 0 Å². The van der Waals surface area contributed by atoms with Gasteiger partial charge >= 0.3 is 0 Å². The van der Waals surface area contributed by atoms with E-state index in [-0.39, 0.29) is 5.92 Å². The Bertz CT molecular complexity index is 573. The fourth-order valence-electron chi connectivity index (χ4n) is 2.90. The first-order valence-corrected chi connectivity index (χ1v) is 8.56. The SMILES string of the molecule is Cc1csc(-c2noc(C(O)C3CCCCCCC3)n2)n1. The summed E-state index contributed by atoms with van der Waals surface area (Å²) in [7, 11) is 0. The molecule has 5 nitrogen and oxygen atoms in total. The van der Waals surface area contributed by atoms with Crippen LogP contribution in [0.1, 0.15) is 62.6 Å². The molecule has 1 fully saturated rings. The Morgan fingerprint density at radius 2 is 1.90 bits per heavy atom. The number of aliphatic hydroxyl groups is 1. The van der Waals surface area contributed by atoms with Crippen molar-refractivity contribution < 1.29 is 9.63 Å². The Labute approximate surface area is 128 Å². The third kappa shape index (κ3) is 3.49. The van der Waals surface area contributed by atoms with Crippen LogP contribution in [0.4, 0.5) is 0 Å². The van der Waals surface area contributed by atoms with Gasteiger partial charge in [0.2, 0.25) is 5.82 Å². The lowest BCUT2D eigenvalue weighted by Gasteiger charge is -2.22. The lowest BCUT2D eigenvalue weighted by molar-refractivity contribution is 0.0605. The van der Waals surface area contributed by atoms with Crippen LogP contribution in [0.15, 0.2) is 9.90 Å². The molecule has 1 N–H and O–H groups in total. The molecule has 2 heterocycles. The highest BCUT2D eigenvalue weighted by Gasteiger charge is 2.27. The van der Waals surface area contributed by atoms with Crippen LogP contribution in [0.5, 0.6) is 0 Å². The molecule has 1 aliphatic carbocycles. The van der Waals surface area contributed by atoms with Crippen molar-refractivity contribution in [3.63, 3.8) is 0 Å². The molecular formula is C15H21N3O2S. The average Bonchev–Trinajstić information content (AvgIpc) is 3.06. The fraction of sp³-hybridized carbons (Fsp3) is 0.667. The normalized spacial score (nSPS) is 19.1. The van der Waals surface area contributed by atoms with Gasteiger partial charge in [-0.05, 0) is 25.7 Å². The van der Waals surface area contributed by atoms with Crippen molar-refractivity contribution >= 4 is 11.3 Å². The van der Waals surface area contributed by atoms with E-state index >= 15 is 0 Å². The van der Waals surface area contributed by atoms with Crippen LogP contribution in [-0.4, -0.2) is 20.2 Å². The zero-order valence-corrected chi connectivity index (χ0v) is 13.1. The van der Waals surface area contributed by atoms with Gasteiger partial charge < -0.3 is 9.63 Å². The Morgan fingerprint density at radius 3 is 2.57 bits per heavy atom. The van der Waals surface area contributed by atoms with Crippen molar-refractivity contribution in [1.82, 2.24) is 15.1 Å². The van der Waals surface area contributed by atoms with Crippen molar-refractivity contribution in [2.24, 2.45) is 5.92 Å². The molecule has 2 aromatic rings. The van der Waals surface area contributed by atoms with Crippen LogP contribution in [0.2, 0.25) is 0 Å². The molecule has 0 radical (unpaired) electrons. The first kappa shape index (κ1) is 14.7. The van der Waals surface area contributed by atoms with E-state index in [0.717, 1.165) is 23.5 Å². The molecule has 2 aromatic heterocycles. The summed E-state index contributed by atoms with van der Waals surface area (Å²) in [5.41, 5.74) is 0.946. The van der Waals surface area contributed by atoms with E-state index < -0.39 is 6.10 Å². The predicted molar refractivity (Wildman–Crippen MR) is 80.9 cm³/mol. The predicted octanol–water partition coefficient (Wildman–Crippen LogP) is 3.90. The minimum Gasteiger partial charge on any atom is -0.383 e. The van der Waals surface area contributed by atoms with Crippen LogP contribution in [0, 0.1) is 12.8 Å². The molecule has 6 heteroatoms. The van der Waals surface area contributed by atoms with Crippen molar-refractivity contribution in [2.75, 3.05) is 0 Å². The second-order valence-corrected chi connectivity index (χ2v) is 6.66. The second-order valence-electron chi connectivity index (χ2n) is 5.80. The Morgan fingerprint density at radius 1 is 1.19 bits per heavy atom. The zero-order valence-electron chi connectivity index (χ0n) is 12.3. The van der Waals surface area contributed by atoms with E-state index in [0.29, 0.717) is 11.7 Å². The summed E-state index contributed by atoms with van der Waals surface area (Å²) in [6, 6.07) is 0. The van der Waals surface area contributed by atoms with Gasteiger partial charge in [0.1, 0.15) is 6.10 Å². The lowest BCUT2D eigenvalue weighted by Crippen LogP contribution is -2.14. The number of aryl methyl sites for hydroxylation is 1. The fourth-order valence-corrected chi connectivity index (χ4v) is 3.62. The Hall–Kier alpha value is -1.27. The van der Waals surface area contributed by atoms with Crippen LogP contribution in [-0.2, 0) is 0 Å². The topological polar surface area (TPSA) is 72.0 Å². The minimum absolute atomic E-state index is 0.233. The maximum atomic E-state index is 10.5. The van der Waals surface area contributed by atoms with Gasteiger partial charge in [0.25, 0.3) is 5.89 Å². The van der Waals surface area contributed by atoms with Gasteiger partial charge in [-0.3, -0.25) is 0 Å². The van der Waals surface area contributed by atoms with Crippen molar-refractivity contribution in [3.05, 3.63) is 17.0 Å². The van der Waals surface area contributed by atoms with Gasteiger partial charge in [-0.2, -0.15) is 4.98 Å². The number of aromatic nitrogens is 3. The van der Waals surface area contributed by atoms with Crippen molar-refractivity contribution in [2.45, 2.75) is 58.0 Å². The molecule has 0 aromatic carbocycles. The maximum Gasteiger partial charge on any atom is 0.256 e. The summed E-state index contributed by atoms with van der Waals surface area (Å²) in [6.07, 6.45) is 7.61. The quantitative estimate of drug-likeness (QED) is 0.931. The Balaban J connectivity index is 1.72. The summed E-state index contributed by atoms with van der Waals surface area (Å²) in [4.78, 5) is 8.69. The highest BCUT2D eigenvalue weighted by Crippen LogP contribution is 2.33. The molecule has 114 valence electrons. The first-order chi connectivity index (χ1) is 10.2. The molecule has 0 aliphatic heterocycles. The van der Waals surface area contributed by atoms with Crippen molar-refractivity contribution in [3.8, 4) is 10.8 Å². The number of thiazole rings is 1. The molecule has 0 saturated heterocycles. The highest BCUT2D eigenvalue weighted by molar-refractivity contribution is 7.13. The van der Waals surface area contributed by atoms with Gasteiger partial charge in [0, 0.05) is 11.1 Å². The molecule has 1 aliphatic rings. The molecular weight excluding hydrogens is 286 g/mol. The van der Waals surface area contributed by atoms with E-state index in [1.165, 1.54) is 43.4 Å². The van der Waals surface area contributed by atoms with Crippen LogP contribution in [0.3, 0.4) is 0 Å². The second kappa shape index (κ2) is 6.66. The van der Waals surface area contributed by atoms with E-state index in [4.69, 9.17) is 4.52 Å². The van der Waals surface area contributed by atoms with Gasteiger partial charge in [-0.1, -0.05) is 37.3 Å². The van der Waals surface area contributed by atoms with Gasteiger partial charge in [-0.25, -0.2) is 4.98 Å². The number of hydrogen-bond donors (Lipinski definition) is 1. The average molecular weight is 307 g/mol. The molecule has 0 spiro atoms. The molecule has 0 bridgehead atoms. The molecule has 1 saturated carbocycles. The van der Waals surface area contributed by atoms with Gasteiger partial charge in [0.05, 0.1) is 0 Å². The number of rotatable bonds is 3. The largest absolute Gasteiger partial charge is 0.383 e. The summed E-state index contributed by atoms with van der Waals surface area (Å²) in [6.45, 7) is 1.93. The zero-order chi connectivity index (χ0) is 14.7. The maximum absolute atomic E-state index is 10.5. The summed E-state index contributed by atoms with van der Waals surface area (Å²) >= 11 is 1.49. The molecule has 3 rings (SSSR count). The van der Waals surface area contributed by atoms with Gasteiger partial charge in [-0.15, -0.1) is 11.3 Å². The number of nitrogens with zero attached hydrogens (tertiary/aromatic N) is 3. The smallest absolute Gasteiger partial charge is 0.256 e. The first-order valence-electron chi connectivity index (χ1n) is 7.68. The highest BCUT2D eigenvalue weighted by atomic mass is 32.1. The number of aliphatic hydroxyl groups excluding tert-OH is 1. The summed E-state index contributed by atoms with van der Waals surface area (Å²) in [5.74, 6) is 1.05. The van der Waals surface area contributed by atoms with E-state index in [1.54, 1.807) is 0 Å². The van der Waals surface area contributed by atoms with E-state index in [2.05, 4.69) is 15.1 Å². The van der Waals surface area contributed by atoms with Crippen LogP contribution < -0.4 is 0 Å². The summed E-state index contributed by atoms with van der Waals surface area (Å²) < 4.78 is 5.27. The summed E-state index contributed by atoms with van der Waals surface area (Å²) in [5, 5.41) is 17.2. The minimum atomic E-state index is -0.648.